The maximum atomic E-state index is 11.5. The fourth-order valence-electron chi connectivity index (χ4n) is 2.30. The molecule has 1 unspecified atom stereocenters. The van der Waals surface area contributed by atoms with Crippen molar-refractivity contribution in [3.8, 4) is 0 Å². The van der Waals surface area contributed by atoms with E-state index in [0.717, 1.165) is 18.9 Å². The number of nitrogens with zero attached hydrogens (tertiary/aromatic N) is 1. The van der Waals surface area contributed by atoms with E-state index in [1.54, 1.807) is 6.92 Å². The summed E-state index contributed by atoms with van der Waals surface area (Å²) in [5.41, 5.74) is 5.86. The van der Waals surface area contributed by atoms with Gasteiger partial charge in [-0.2, -0.15) is 0 Å². The van der Waals surface area contributed by atoms with Crippen LogP contribution >= 0.6 is 24.0 Å². The number of hydrogen-bond donors (Lipinski definition) is 3. The number of alkyl carbamates (subject to hydrolysis) is 1. The van der Waals surface area contributed by atoms with E-state index < -0.39 is 0 Å². The Balaban J connectivity index is 0.00000441. The number of nitrogens with two attached hydrogens (primary N) is 1. The van der Waals surface area contributed by atoms with E-state index in [-0.39, 0.29) is 36.1 Å². The zero-order chi connectivity index (χ0) is 15.7. The van der Waals surface area contributed by atoms with E-state index in [0.29, 0.717) is 25.0 Å². The number of rotatable bonds is 8. The van der Waals surface area contributed by atoms with Crippen molar-refractivity contribution in [1.29, 1.82) is 0 Å². The zero-order valence-electron chi connectivity index (χ0n) is 13.9. The van der Waals surface area contributed by atoms with Crippen LogP contribution in [0.25, 0.3) is 0 Å². The first-order chi connectivity index (χ1) is 10.0. The second kappa shape index (κ2) is 11.8. The summed E-state index contributed by atoms with van der Waals surface area (Å²) in [6.45, 7) is 7.76. The molecule has 0 saturated heterocycles. The number of carbonyl (C=O) groups excluding carboxylic acids is 1. The molecule has 7 heteroatoms. The van der Waals surface area contributed by atoms with Crippen molar-refractivity contribution in [2.24, 2.45) is 22.6 Å². The van der Waals surface area contributed by atoms with Crippen LogP contribution in [0.1, 0.15) is 46.5 Å². The van der Waals surface area contributed by atoms with Crippen LogP contribution in [0.4, 0.5) is 4.79 Å². The van der Waals surface area contributed by atoms with Crippen LogP contribution in [-0.2, 0) is 4.74 Å². The van der Waals surface area contributed by atoms with Crippen molar-refractivity contribution < 1.29 is 9.53 Å². The molecule has 0 aliphatic heterocycles. The molecule has 1 aliphatic rings. The van der Waals surface area contributed by atoms with Gasteiger partial charge in [0.1, 0.15) is 0 Å². The van der Waals surface area contributed by atoms with Crippen molar-refractivity contribution in [2.75, 3.05) is 19.7 Å². The minimum Gasteiger partial charge on any atom is -0.450 e. The molecule has 130 valence electrons. The van der Waals surface area contributed by atoms with Gasteiger partial charge in [0.2, 0.25) is 0 Å². The summed E-state index contributed by atoms with van der Waals surface area (Å²) in [5.74, 6) is 1.67. The number of guanidine groups is 1. The van der Waals surface area contributed by atoms with Crippen molar-refractivity contribution >= 4 is 36.0 Å². The highest BCUT2D eigenvalue weighted by atomic mass is 127. The van der Waals surface area contributed by atoms with Gasteiger partial charge >= 0.3 is 6.09 Å². The molecule has 0 heterocycles. The third-order valence-corrected chi connectivity index (χ3v) is 3.63. The number of halogens is 1. The Kier molecular flexibility index (Phi) is 11.4. The molecule has 0 spiro atoms. The van der Waals surface area contributed by atoms with Gasteiger partial charge in [-0.1, -0.05) is 20.3 Å². The minimum atomic E-state index is -0.389. The highest BCUT2D eigenvalue weighted by Gasteiger charge is 2.17. The Morgan fingerprint density at radius 2 is 2.09 bits per heavy atom. The Bertz CT molecular complexity index is 346. The first-order valence-corrected chi connectivity index (χ1v) is 7.98. The van der Waals surface area contributed by atoms with Crippen LogP contribution in [0, 0.1) is 11.8 Å². The van der Waals surface area contributed by atoms with E-state index in [2.05, 4.69) is 29.5 Å². The molecule has 1 fully saturated rings. The molecule has 6 nitrogen and oxygen atoms in total. The molecule has 0 aromatic rings. The van der Waals surface area contributed by atoms with Gasteiger partial charge in [-0.3, -0.25) is 4.99 Å². The molecular formula is C15H31IN4O2. The van der Waals surface area contributed by atoms with Gasteiger partial charge in [0.25, 0.3) is 0 Å². The minimum absolute atomic E-state index is 0. The first-order valence-electron chi connectivity index (χ1n) is 7.98. The lowest BCUT2D eigenvalue weighted by molar-refractivity contribution is 0.147. The molecular weight excluding hydrogens is 395 g/mol. The largest absolute Gasteiger partial charge is 0.450 e. The predicted molar refractivity (Wildman–Crippen MR) is 101 cm³/mol. The second-order valence-corrected chi connectivity index (χ2v) is 6.10. The van der Waals surface area contributed by atoms with Gasteiger partial charge in [0.15, 0.2) is 5.96 Å². The Hall–Kier alpha value is -0.730. The summed E-state index contributed by atoms with van der Waals surface area (Å²) in [4.78, 5) is 15.8. The van der Waals surface area contributed by atoms with Gasteiger partial charge in [-0.25, -0.2) is 4.79 Å². The highest BCUT2D eigenvalue weighted by Crippen LogP contribution is 2.24. The van der Waals surface area contributed by atoms with Crippen LogP contribution in [0.2, 0.25) is 0 Å². The SMILES string of the molecule is CCOC(=O)NC(CN=C(N)NCC1CCC1)CC(C)C.I. The number of aliphatic imine (C=N–C) groups is 1. The first kappa shape index (κ1) is 21.3. The van der Waals surface area contributed by atoms with Crippen molar-refractivity contribution in [3.05, 3.63) is 0 Å². The molecule has 0 aromatic carbocycles. The molecule has 4 N–H and O–H groups in total. The molecule has 0 bridgehead atoms. The molecule has 1 aliphatic carbocycles. The standard InChI is InChI=1S/C15H30N4O2.HI/c1-4-21-15(20)19-13(8-11(2)3)10-18-14(16)17-9-12-6-5-7-12;/h11-13H,4-10H2,1-3H3,(H,19,20)(H3,16,17,18);1H. The van der Waals surface area contributed by atoms with Gasteiger partial charge in [-0.05, 0) is 38.0 Å². The maximum Gasteiger partial charge on any atom is 0.407 e. The van der Waals surface area contributed by atoms with E-state index >= 15 is 0 Å². The molecule has 0 aromatic heterocycles. The second-order valence-electron chi connectivity index (χ2n) is 6.10. The van der Waals surface area contributed by atoms with E-state index in [1.165, 1.54) is 19.3 Å². The number of carbonyl (C=O) groups is 1. The molecule has 1 rings (SSSR count). The average Bonchev–Trinajstić information content (AvgIpc) is 2.33. The van der Waals surface area contributed by atoms with Gasteiger partial charge < -0.3 is 21.1 Å². The normalized spacial score (nSPS) is 16.5. The maximum absolute atomic E-state index is 11.5. The quantitative estimate of drug-likeness (QED) is 0.316. The monoisotopic (exact) mass is 426 g/mol. The Labute approximate surface area is 151 Å². The fourth-order valence-corrected chi connectivity index (χ4v) is 2.30. The Morgan fingerprint density at radius 3 is 2.59 bits per heavy atom. The summed E-state index contributed by atoms with van der Waals surface area (Å²) in [7, 11) is 0. The smallest absolute Gasteiger partial charge is 0.407 e. The number of hydrogen-bond acceptors (Lipinski definition) is 3. The van der Waals surface area contributed by atoms with Crippen LogP contribution in [0.15, 0.2) is 4.99 Å². The van der Waals surface area contributed by atoms with Gasteiger partial charge in [-0.15, -0.1) is 24.0 Å². The van der Waals surface area contributed by atoms with Crippen LogP contribution in [0.5, 0.6) is 0 Å². The van der Waals surface area contributed by atoms with Crippen molar-refractivity contribution in [1.82, 2.24) is 10.6 Å². The van der Waals surface area contributed by atoms with E-state index in [4.69, 9.17) is 10.5 Å². The van der Waals surface area contributed by atoms with Gasteiger partial charge in [0.05, 0.1) is 19.2 Å². The average molecular weight is 426 g/mol. The van der Waals surface area contributed by atoms with Crippen LogP contribution in [-0.4, -0.2) is 37.8 Å². The topological polar surface area (TPSA) is 88.7 Å². The van der Waals surface area contributed by atoms with Gasteiger partial charge in [0, 0.05) is 6.54 Å². The van der Waals surface area contributed by atoms with Crippen molar-refractivity contribution in [3.63, 3.8) is 0 Å². The summed E-state index contributed by atoms with van der Waals surface area (Å²) < 4.78 is 4.92. The summed E-state index contributed by atoms with van der Waals surface area (Å²) in [5, 5.41) is 6.00. The van der Waals surface area contributed by atoms with Crippen LogP contribution < -0.4 is 16.4 Å². The zero-order valence-corrected chi connectivity index (χ0v) is 16.3. The summed E-state index contributed by atoms with van der Waals surface area (Å²) >= 11 is 0. The lowest BCUT2D eigenvalue weighted by atomic mass is 9.85. The highest BCUT2D eigenvalue weighted by molar-refractivity contribution is 14.0. The third kappa shape index (κ3) is 9.32. The number of ether oxygens (including phenoxy) is 1. The lowest BCUT2D eigenvalue weighted by Gasteiger charge is -2.25. The number of nitrogens with one attached hydrogen (secondary N) is 2. The van der Waals surface area contributed by atoms with Crippen LogP contribution in [0.3, 0.4) is 0 Å². The molecule has 1 saturated carbocycles. The summed E-state index contributed by atoms with van der Waals surface area (Å²) in [6, 6.07) is -0.0481. The lowest BCUT2D eigenvalue weighted by Crippen LogP contribution is -2.41. The molecule has 1 amide bonds. The van der Waals surface area contributed by atoms with Crippen molar-refractivity contribution in [2.45, 2.75) is 52.5 Å². The summed E-state index contributed by atoms with van der Waals surface area (Å²) in [6.07, 6.45) is 4.34. The van der Waals surface area contributed by atoms with E-state index in [1.807, 2.05) is 0 Å². The Morgan fingerprint density at radius 1 is 1.41 bits per heavy atom. The molecule has 1 atom stereocenters. The fraction of sp³-hybridized carbons (Fsp3) is 0.867. The van der Waals surface area contributed by atoms with E-state index in [9.17, 15) is 4.79 Å². The molecule has 0 radical (unpaired) electrons. The third-order valence-electron chi connectivity index (χ3n) is 3.63. The molecule has 22 heavy (non-hydrogen) atoms. The predicted octanol–water partition coefficient (Wildman–Crippen LogP) is 2.47. The number of amides is 1.